The van der Waals surface area contributed by atoms with Crippen molar-refractivity contribution in [3.05, 3.63) is 85.5 Å². The molecule has 2 aromatic carbocycles. The molecule has 0 spiro atoms. The van der Waals surface area contributed by atoms with Gasteiger partial charge in [0.05, 0.1) is 0 Å². The van der Waals surface area contributed by atoms with Crippen LogP contribution in [0.4, 0.5) is 11.6 Å². The fraction of sp³-hybridized carbons (Fsp3) is 0.280. The van der Waals surface area contributed by atoms with Crippen LogP contribution in [0.1, 0.15) is 17.5 Å². The van der Waals surface area contributed by atoms with E-state index < -0.39 is 23.8 Å². The smallest absolute Gasteiger partial charge is 0.333 e. The van der Waals surface area contributed by atoms with Crippen LogP contribution in [0.5, 0.6) is 0 Å². The van der Waals surface area contributed by atoms with E-state index in [2.05, 4.69) is 4.98 Å². The van der Waals surface area contributed by atoms with Crippen LogP contribution in [0.15, 0.2) is 58.1 Å². The zero-order valence-electron chi connectivity index (χ0n) is 19.4. The third-order valence-electron chi connectivity index (χ3n) is 6.21. The maximum absolute atomic E-state index is 13.4. The number of nitrogens with zero attached hydrogens (tertiary/aromatic N) is 5. The molecule has 180 valence electrons. The lowest BCUT2D eigenvalue weighted by Crippen LogP contribution is -2.41. The highest BCUT2D eigenvalue weighted by Gasteiger charge is 2.28. The van der Waals surface area contributed by atoms with E-state index in [1.807, 2.05) is 64.9 Å². The van der Waals surface area contributed by atoms with Gasteiger partial charge >= 0.3 is 11.7 Å². The van der Waals surface area contributed by atoms with Crippen molar-refractivity contribution in [1.82, 2.24) is 18.7 Å². The average molecular weight is 494 g/mol. The molecule has 0 atom stereocenters. The van der Waals surface area contributed by atoms with Crippen LogP contribution in [-0.4, -0.2) is 31.2 Å². The molecule has 35 heavy (non-hydrogen) atoms. The molecule has 3 heterocycles. The Morgan fingerprint density at radius 2 is 1.89 bits per heavy atom. The van der Waals surface area contributed by atoms with E-state index in [1.54, 1.807) is 7.05 Å². The third kappa shape index (κ3) is 4.12. The van der Waals surface area contributed by atoms with Gasteiger partial charge in [-0.25, -0.2) is 9.36 Å². The number of esters is 1. The van der Waals surface area contributed by atoms with Gasteiger partial charge in [0.25, 0.3) is 5.56 Å². The number of aromatic nitrogens is 4. The zero-order valence-corrected chi connectivity index (χ0v) is 20.2. The number of halogens is 1. The molecule has 0 N–H and O–H groups in total. The molecule has 0 radical (unpaired) electrons. The number of ether oxygens (including phenoxy) is 1. The molecular weight excluding hydrogens is 470 g/mol. The summed E-state index contributed by atoms with van der Waals surface area (Å²) in [5.41, 5.74) is 2.09. The maximum Gasteiger partial charge on any atom is 0.333 e. The van der Waals surface area contributed by atoms with Gasteiger partial charge < -0.3 is 14.2 Å². The quantitative estimate of drug-likeness (QED) is 0.397. The Kier molecular flexibility index (Phi) is 5.94. The van der Waals surface area contributed by atoms with Crippen molar-refractivity contribution < 1.29 is 9.53 Å². The van der Waals surface area contributed by atoms with Crippen LogP contribution in [0.25, 0.3) is 11.2 Å². The van der Waals surface area contributed by atoms with Crippen LogP contribution in [0, 0.1) is 6.92 Å². The second-order valence-electron chi connectivity index (χ2n) is 8.55. The number of hydrogen-bond donors (Lipinski definition) is 0. The van der Waals surface area contributed by atoms with Gasteiger partial charge in [0.2, 0.25) is 5.95 Å². The lowest BCUT2D eigenvalue weighted by Gasteiger charge is -2.30. The van der Waals surface area contributed by atoms with E-state index in [1.165, 1.54) is 4.57 Å². The first kappa shape index (κ1) is 22.9. The van der Waals surface area contributed by atoms with E-state index >= 15 is 0 Å². The minimum Gasteiger partial charge on any atom is -0.459 e. The van der Waals surface area contributed by atoms with Crippen molar-refractivity contribution in [2.24, 2.45) is 7.05 Å². The van der Waals surface area contributed by atoms with Crippen LogP contribution >= 0.6 is 11.6 Å². The molecule has 9 nitrogen and oxygen atoms in total. The molecule has 0 aliphatic carbocycles. The molecule has 0 unspecified atom stereocenters. The predicted molar refractivity (Wildman–Crippen MR) is 133 cm³/mol. The predicted octanol–water partition coefficient (Wildman–Crippen LogP) is 3.14. The van der Waals surface area contributed by atoms with Gasteiger partial charge in [-0.1, -0.05) is 48.0 Å². The van der Waals surface area contributed by atoms with E-state index in [4.69, 9.17) is 16.3 Å². The highest BCUT2D eigenvalue weighted by molar-refractivity contribution is 6.30. The Morgan fingerprint density at radius 1 is 1.11 bits per heavy atom. The van der Waals surface area contributed by atoms with Gasteiger partial charge in [0.1, 0.15) is 13.2 Å². The Morgan fingerprint density at radius 3 is 2.66 bits per heavy atom. The topological polar surface area (TPSA) is 91.4 Å². The summed E-state index contributed by atoms with van der Waals surface area (Å²) in [6.07, 6.45) is 0.770. The van der Waals surface area contributed by atoms with Gasteiger partial charge in [0.15, 0.2) is 11.2 Å². The fourth-order valence-corrected chi connectivity index (χ4v) is 4.58. The van der Waals surface area contributed by atoms with Gasteiger partial charge in [0, 0.05) is 30.8 Å². The molecule has 5 rings (SSSR count). The molecule has 0 saturated carbocycles. The van der Waals surface area contributed by atoms with E-state index in [0.717, 1.165) is 27.8 Å². The summed E-state index contributed by atoms with van der Waals surface area (Å²) >= 11 is 6.25. The summed E-state index contributed by atoms with van der Waals surface area (Å²) in [6.45, 7) is 2.82. The van der Waals surface area contributed by atoms with Crippen molar-refractivity contribution in [2.75, 3.05) is 11.4 Å². The molecule has 1 aliphatic rings. The lowest BCUT2D eigenvalue weighted by molar-refractivity contribution is -0.145. The number of benzene rings is 2. The number of anilines is 2. The number of carbonyl (C=O) groups excluding carboxylic acids is 1. The van der Waals surface area contributed by atoms with Gasteiger partial charge in [-0.15, -0.1) is 0 Å². The Hall–Kier alpha value is -3.85. The number of rotatable bonds is 5. The van der Waals surface area contributed by atoms with E-state index in [9.17, 15) is 14.4 Å². The van der Waals surface area contributed by atoms with Crippen LogP contribution in [0.3, 0.4) is 0 Å². The highest BCUT2D eigenvalue weighted by Crippen LogP contribution is 2.34. The number of aryl methyl sites for hydroxylation is 3. The summed E-state index contributed by atoms with van der Waals surface area (Å²) in [5, 5.41) is 0.600. The van der Waals surface area contributed by atoms with Crippen molar-refractivity contribution in [2.45, 2.75) is 33.0 Å². The van der Waals surface area contributed by atoms with E-state index in [-0.39, 0.29) is 17.8 Å². The largest absolute Gasteiger partial charge is 0.459 e. The summed E-state index contributed by atoms with van der Waals surface area (Å²) < 4.78 is 9.32. The average Bonchev–Trinajstić information content (AvgIpc) is 3.26. The standard InChI is InChI=1S/C25H24ClN5O4/c1-16-9-10-18(26)13-19(16)29-11-6-12-30-21-22(27-24(29)30)28(2)25(34)31(23(21)33)14-20(32)35-15-17-7-4-3-5-8-17/h3-5,7-10,13H,6,11-12,14-15H2,1-2H3. The number of imidazole rings is 1. The second kappa shape index (κ2) is 9.07. The van der Waals surface area contributed by atoms with Crippen molar-refractivity contribution >= 4 is 40.4 Å². The van der Waals surface area contributed by atoms with Gasteiger partial charge in [-0.2, -0.15) is 4.98 Å². The van der Waals surface area contributed by atoms with Crippen LogP contribution < -0.4 is 16.1 Å². The molecule has 10 heteroatoms. The molecule has 2 aromatic heterocycles. The zero-order chi connectivity index (χ0) is 24.7. The highest BCUT2D eigenvalue weighted by atomic mass is 35.5. The van der Waals surface area contributed by atoms with Crippen LogP contribution in [0.2, 0.25) is 5.02 Å². The molecule has 4 aromatic rings. The first-order valence-corrected chi connectivity index (χ1v) is 11.7. The third-order valence-corrected chi connectivity index (χ3v) is 6.44. The fourth-order valence-electron chi connectivity index (χ4n) is 4.42. The molecule has 1 aliphatic heterocycles. The summed E-state index contributed by atoms with van der Waals surface area (Å²) in [6, 6.07) is 14.8. The molecular formula is C25H24ClN5O4. The van der Waals surface area contributed by atoms with Gasteiger partial charge in [-0.05, 0) is 36.6 Å². The van der Waals surface area contributed by atoms with Gasteiger partial charge in [-0.3, -0.25) is 14.2 Å². The van der Waals surface area contributed by atoms with Crippen LogP contribution in [-0.2, 0) is 36.3 Å². The van der Waals surface area contributed by atoms with E-state index in [0.29, 0.717) is 24.1 Å². The number of hydrogen-bond acceptors (Lipinski definition) is 6. The molecule has 0 bridgehead atoms. The Bertz CT molecular complexity index is 1550. The Labute approximate surface area is 205 Å². The first-order valence-electron chi connectivity index (χ1n) is 11.3. The monoisotopic (exact) mass is 493 g/mol. The van der Waals surface area contributed by atoms with Crippen molar-refractivity contribution in [1.29, 1.82) is 0 Å². The normalized spacial score (nSPS) is 13.2. The summed E-state index contributed by atoms with van der Waals surface area (Å²) in [4.78, 5) is 45.6. The summed E-state index contributed by atoms with van der Waals surface area (Å²) in [5.74, 6) is -0.102. The first-order chi connectivity index (χ1) is 16.8. The van der Waals surface area contributed by atoms with Crippen molar-refractivity contribution in [3.8, 4) is 0 Å². The number of carbonyl (C=O) groups is 1. The number of fused-ring (bicyclic) bond motifs is 3. The molecule has 0 fully saturated rings. The second-order valence-corrected chi connectivity index (χ2v) is 8.99. The molecule has 0 saturated heterocycles. The minimum atomic E-state index is -0.665. The van der Waals surface area contributed by atoms with Crippen molar-refractivity contribution in [3.63, 3.8) is 0 Å². The maximum atomic E-state index is 13.4. The minimum absolute atomic E-state index is 0.0625. The molecule has 0 amide bonds. The lowest BCUT2D eigenvalue weighted by atomic mass is 10.1. The Balaban J connectivity index is 1.54. The summed E-state index contributed by atoms with van der Waals surface area (Å²) in [7, 11) is 1.55. The SMILES string of the molecule is Cc1ccc(Cl)cc1N1CCCn2c1nc1c2c(=O)n(CC(=O)OCc2ccccc2)c(=O)n1C.